The van der Waals surface area contributed by atoms with E-state index in [1.54, 1.807) is 11.8 Å². The van der Waals surface area contributed by atoms with Crippen LogP contribution in [0.4, 0.5) is 0 Å². The summed E-state index contributed by atoms with van der Waals surface area (Å²) in [6.07, 6.45) is 2.04. The van der Waals surface area contributed by atoms with E-state index in [1.165, 1.54) is 22.2 Å². The average molecular weight is 559 g/mol. The molecule has 2 aromatic carbocycles. The number of benzene rings is 2. The monoisotopic (exact) mass is 558 g/mol. The zero-order chi connectivity index (χ0) is 27.8. The van der Waals surface area contributed by atoms with E-state index in [2.05, 4.69) is 9.80 Å². The van der Waals surface area contributed by atoms with Crippen LogP contribution in [-0.4, -0.2) is 90.6 Å². The van der Waals surface area contributed by atoms with Crippen molar-refractivity contribution in [3.8, 4) is 0 Å². The fourth-order valence-electron chi connectivity index (χ4n) is 4.45. The summed E-state index contributed by atoms with van der Waals surface area (Å²) < 4.78 is 10.7. The molecule has 0 atom stereocenters. The molecule has 0 aromatic heterocycles. The van der Waals surface area contributed by atoms with Gasteiger partial charge >= 0.3 is 0 Å². The normalized spacial score (nSPS) is 17.4. The molecule has 2 aromatic rings. The van der Waals surface area contributed by atoms with E-state index >= 15 is 0 Å². The zero-order valence-corrected chi connectivity index (χ0v) is 25.3. The molecule has 2 fully saturated rings. The van der Waals surface area contributed by atoms with Gasteiger partial charge in [-0.2, -0.15) is 0 Å². The minimum atomic E-state index is -0.468. The number of hydrogen-bond donors (Lipinski definition) is 0. The Kier molecular flexibility index (Phi) is 11.4. The summed E-state index contributed by atoms with van der Waals surface area (Å²) in [4.78, 5) is 31.8. The van der Waals surface area contributed by atoms with Crippen LogP contribution in [0, 0.1) is 6.92 Å². The predicted octanol–water partition coefficient (Wildman–Crippen LogP) is 5.43. The van der Waals surface area contributed by atoms with Crippen molar-refractivity contribution in [3.63, 3.8) is 0 Å². The summed E-state index contributed by atoms with van der Waals surface area (Å²) in [5, 5.41) is 0.193. The second-order valence-corrected chi connectivity index (χ2v) is 12.5. The molecule has 0 bridgehead atoms. The Balaban J connectivity index is 0.000000211. The number of nitrogens with zero attached hydrogens (tertiary/aromatic N) is 2. The molecule has 0 amide bonds. The van der Waals surface area contributed by atoms with Gasteiger partial charge in [-0.1, -0.05) is 29.8 Å². The number of aryl methyl sites for hydroxylation is 1. The minimum Gasteiger partial charge on any atom is -0.379 e. The molecule has 2 aliphatic rings. The van der Waals surface area contributed by atoms with Crippen LogP contribution >= 0.6 is 23.5 Å². The second-order valence-electron chi connectivity index (χ2n) is 10.6. The fourth-order valence-corrected chi connectivity index (χ4v) is 5.72. The fraction of sp³-hybridized carbons (Fsp3) is 0.533. The van der Waals surface area contributed by atoms with Crippen molar-refractivity contribution in [1.82, 2.24) is 9.80 Å². The van der Waals surface area contributed by atoms with E-state index in [1.807, 2.05) is 89.4 Å². The summed E-state index contributed by atoms with van der Waals surface area (Å²) in [5.41, 5.74) is 1.09. The summed E-state index contributed by atoms with van der Waals surface area (Å²) in [6.45, 7) is 16.2. The minimum absolute atomic E-state index is 0.182. The van der Waals surface area contributed by atoms with Gasteiger partial charge in [-0.25, -0.2) is 0 Å². The number of hydrogen-bond acceptors (Lipinski definition) is 8. The van der Waals surface area contributed by atoms with Crippen LogP contribution in [0.2, 0.25) is 0 Å². The number of Topliss-reactive ketones (excluding diaryl/α,β-unsaturated/α-hetero) is 1. The number of ether oxygens (including phenoxy) is 2. The Morgan fingerprint density at radius 2 is 1.16 bits per heavy atom. The quantitative estimate of drug-likeness (QED) is 0.330. The third-order valence-electron chi connectivity index (χ3n) is 7.24. The van der Waals surface area contributed by atoms with Crippen LogP contribution in [0.1, 0.15) is 43.6 Å². The summed E-state index contributed by atoms with van der Waals surface area (Å²) in [5.74, 6) is 0.182. The van der Waals surface area contributed by atoms with Crippen LogP contribution < -0.4 is 0 Å². The smallest absolute Gasteiger partial charge is 0.213 e. The van der Waals surface area contributed by atoms with Gasteiger partial charge in [-0.3, -0.25) is 19.4 Å². The first kappa shape index (κ1) is 30.9. The number of ketones is 1. The lowest BCUT2D eigenvalue weighted by Gasteiger charge is -2.39. The van der Waals surface area contributed by atoms with E-state index in [0.717, 1.165) is 36.6 Å². The topological polar surface area (TPSA) is 59.1 Å². The average Bonchev–Trinajstić information content (AvgIpc) is 2.95. The van der Waals surface area contributed by atoms with Gasteiger partial charge in [0.05, 0.1) is 37.5 Å². The van der Waals surface area contributed by atoms with Crippen molar-refractivity contribution >= 4 is 34.4 Å². The number of carbonyl (C=O) groups excluding carboxylic acids is 2. The molecule has 0 unspecified atom stereocenters. The molecule has 0 N–H and O–H groups in total. The van der Waals surface area contributed by atoms with E-state index in [0.29, 0.717) is 26.4 Å². The van der Waals surface area contributed by atoms with Crippen molar-refractivity contribution in [3.05, 3.63) is 59.7 Å². The van der Waals surface area contributed by atoms with Gasteiger partial charge in [0.1, 0.15) is 0 Å². The van der Waals surface area contributed by atoms with Gasteiger partial charge in [0.2, 0.25) is 5.12 Å². The summed E-state index contributed by atoms with van der Waals surface area (Å²) in [6, 6.07) is 16.0. The molecular formula is C30H42N2O4S2. The molecule has 0 radical (unpaired) electrons. The Bertz CT molecular complexity index is 1040. The first-order valence-corrected chi connectivity index (χ1v) is 15.2. The van der Waals surface area contributed by atoms with Crippen molar-refractivity contribution < 1.29 is 19.1 Å². The van der Waals surface area contributed by atoms with E-state index in [-0.39, 0.29) is 10.9 Å². The van der Waals surface area contributed by atoms with Crippen LogP contribution in [0.3, 0.4) is 0 Å². The lowest BCUT2D eigenvalue weighted by Crippen LogP contribution is -2.54. The SMILES string of the molecule is CSc1ccc(C(=O)C(C)(C)N2CCOCC2)cc1.Cc1ccc(SC(=O)C(C)(C)N2CCOCC2)cc1. The van der Waals surface area contributed by atoms with Gasteiger partial charge in [0.15, 0.2) is 5.78 Å². The number of carbonyl (C=O) groups is 2. The van der Waals surface area contributed by atoms with E-state index in [9.17, 15) is 9.59 Å². The van der Waals surface area contributed by atoms with Gasteiger partial charge in [-0.15, -0.1) is 11.8 Å². The van der Waals surface area contributed by atoms with Crippen LogP contribution in [-0.2, 0) is 14.3 Å². The second kappa shape index (κ2) is 14.1. The summed E-state index contributed by atoms with van der Waals surface area (Å²) in [7, 11) is 0. The molecule has 4 rings (SSSR count). The van der Waals surface area contributed by atoms with Crippen LogP contribution in [0.25, 0.3) is 0 Å². The van der Waals surface area contributed by atoms with Gasteiger partial charge < -0.3 is 9.47 Å². The molecular weight excluding hydrogens is 516 g/mol. The highest BCUT2D eigenvalue weighted by Crippen LogP contribution is 2.29. The van der Waals surface area contributed by atoms with Crippen molar-refractivity contribution in [2.75, 3.05) is 58.9 Å². The molecule has 38 heavy (non-hydrogen) atoms. The van der Waals surface area contributed by atoms with Gasteiger partial charge in [0.25, 0.3) is 0 Å². The molecule has 208 valence electrons. The number of thioether (sulfide) groups is 2. The maximum absolute atomic E-state index is 12.7. The third kappa shape index (κ3) is 8.16. The molecule has 2 heterocycles. The number of morpholine rings is 2. The van der Waals surface area contributed by atoms with Crippen LogP contribution in [0.5, 0.6) is 0 Å². The van der Waals surface area contributed by atoms with Crippen molar-refractivity contribution in [2.45, 2.75) is 55.5 Å². The highest BCUT2D eigenvalue weighted by atomic mass is 32.2. The van der Waals surface area contributed by atoms with E-state index < -0.39 is 11.1 Å². The number of rotatable bonds is 7. The molecule has 0 spiro atoms. The maximum Gasteiger partial charge on any atom is 0.213 e. The highest BCUT2D eigenvalue weighted by molar-refractivity contribution is 8.13. The molecule has 2 saturated heterocycles. The lowest BCUT2D eigenvalue weighted by atomic mass is 9.91. The maximum atomic E-state index is 12.7. The molecule has 2 aliphatic heterocycles. The highest BCUT2D eigenvalue weighted by Gasteiger charge is 2.36. The van der Waals surface area contributed by atoms with Gasteiger partial charge in [-0.05, 0) is 76.9 Å². The lowest BCUT2D eigenvalue weighted by molar-refractivity contribution is -0.123. The Morgan fingerprint density at radius 1 is 0.711 bits per heavy atom. The standard InChI is InChI=1S/2C15H21NO2S/c1-15(2,16-8-10-18-11-9-16)14(17)12-4-6-13(19-3)7-5-12;1-12-4-6-13(7-5-12)19-14(17)15(2,3)16-8-10-18-11-9-16/h2*4-7H,8-11H2,1-3H3. The Labute approximate surface area is 236 Å². The van der Waals surface area contributed by atoms with Crippen LogP contribution in [0.15, 0.2) is 58.3 Å². The largest absolute Gasteiger partial charge is 0.379 e. The van der Waals surface area contributed by atoms with Crippen molar-refractivity contribution in [1.29, 1.82) is 0 Å². The molecule has 6 nitrogen and oxygen atoms in total. The Morgan fingerprint density at radius 3 is 1.63 bits per heavy atom. The van der Waals surface area contributed by atoms with Crippen molar-refractivity contribution in [2.24, 2.45) is 0 Å². The molecule has 8 heteroatoms. The predicted molar refractivity (Wildman–Crippen MR) is 158 cm³/mol. The van der Waals surface area contributed by atoms with E-state index in [4.69, 9.17) is 9.47 Å². The first-order valence-electron chi connectivity index (χ1n) is 13.2. The summed E-state index contributed by atoms with van der Waals surface area (Å²) >= 11 is 3.02. The molecule has 0 saturated carbocycles. The van der Waals surface area contributed by atoms with Gasteiger partial charge in [0, 0.05) is 41.5 Å². The Hall–Kier alpha value is -1.68. The first-order chi connectivity index (χ1) is 18.1. The zero-order valence-electron chi connectivity index (χ0n) is 23.6. The molecule has 0 aliphatic carbocycles. The third-order valence-corrected chi connectivity index (χ3v) is 9.18.